The Kier molecular flexibility index (Phi) is 6.73. The van der Waals surface area contributed by atoms with Gasteiger partial charge in [0, 0.05) is 73.8 Å². The van der Waals surface area contributed by atoms with Crippen molar-refractivity contribution in [3.05, 3.63) is 69.5 Å². The van der Waals surface area contributed by atoms with Gasteiger partial charge in [-0.1, -0.05) is 0 Å². The first-order valence-corrected chi connectivity index (χ1v) is 13.6. The van der Waals surface area contributed by atoms with E-state index in [2.05, 4.69) is 25.8 Å². The number of fused-ring (bicyclic) bond motifs is 1. The van der Waals surface area contributed by atoms with E-state index in [0.717, 1.165) is 62.1 Å². The molecule has 196 valence electrons. The number of anilines is 1. The number of aryl methyl sites for hydroxylation is 1. The summed E-state index contributed by atoms with van der Waals surface area (Å²) < 4.78 is 17.5. The van der Waals surface area contributed by atoms with Gasteiger partial charge in [-0.25, -0.2) is 4.39 Å². The number of aliphatic hydroxyl groups is 1. The summed E-state index contributed by atoms with van der Waals surface area (Å²) in [6, 6.07) is 8.08. The first kappa shape index (κ1) is 24.5. The number of β-amino-alcohol motifs (C(OH)–C–C–N with tert-alkyl or cyclic N) is 1. The molecule has 37 heavy (non-hydrogen) atoms. The molecule has 1 aliphatic carbocycles. The van der Waals surface area contributed by atoms with Crippen LogP contribution in [0, 0.1) is 12.7 Å². The zero-order valence-corrected chi connectivity index (χ0v) is 21.5. The summed E-state index contributed by atoms with van der Waals surface area (Å²) in [6.45, 7) is 6.23. The molecule has 0 radical (unpaired) electrons. The van der Waals surface area contributed by atoms with Crippen molar-refractivity contribution in [2.45, 2.75) is 70.3 Å². The lowest BCUT2D eigenvalue weighted by molar-refractivity contribution is 0.149. The van der Waals surface area contributed by atoms with Gasteiger partial charge in [-0.3, -0.25) is 14.7 Å². The summed E-state index contributed by atoms with van der Waals surface area (Å²) in [6.07, 6.45) is 8.41. The number of halogens is 1. The molecule has 0 bridgehead atoms. The van der Waals surface area contributed by atoms with E-state index in [1.165, 1.54) is 11.6 Å². The number of piperidine rings is 1. The molecule has 3 aliphatic rings. The quantitative estimate of drug-likeness (QED) is 0.512. The average Bonchev–Trinajstić information content (AvgIpc) is 3.65. The molecule has 0 amide bonds. The Morgan fingerprint density at radius 3 is 2.76 bits per heavy atom. The fourth-order valence-electron chi connectivity index (χ4n) is 6.00. The Labute approximate surface area is 216 Å². The van der Waals surface area contributed by atoms with Gasteiger partial charge in [0.05, 0.1) is 17.3 Å². The molecule has 1 saturated carbocycles. The second-order valence-corrected chi connectivity index (χ2v) is 11.0. The number of hydrogen-bond donors (Lipinski definition) is 2. The smallest absolute Gasteiger partial charge is 0.193 e. The van der Waals surface area contributed by atoms with Crippen LogP contribution in [0.4, 0.5) is 10.1 Å². The lowest BCUT2D eigenvalue weighted by Crippen LogP contribution is -2.45. The van der Waals surface area contributed by atoms with E-state index in [-0.39, 0.29) is 5.43 Å². The highest BCUT2D eigenvalue weighted by molar-refractivity contribution is 5.84. The molecule has 3 fully saturated rings. The van der Waals surface area contributed by atoms with Crippen molar-refractivity contribution in [1.29, 1.82) is 0 Å². The van der Waals surface area contributed by atoms with Crippen molar-refractivity contribution in [2.75, 3.05) is 31.1 Å². The lowest BCUT2D eigenvalue weighted by Gasteiger charge is -2.35. The molecule has 4 heterocycles. The van der Waals surface area contributed by atoms with Crippen LogP contribution in [0.3, 0.4) is 0 Å². The summed E-state index contributed by atoms with van der Waals surface area (Å²) in [7, 11) is 0. The molecule has 3 aromatic rings. The largest absolute Gasteiger partial charge is 0.391 e. The zero-order chi connectivity index (χ0) is 25.5. The van der Waals surface area contributed by atoms with Crippen molar-refractivity contribution < 1.29 is 9.50 Å². The summed E-state index contributed by atoms with van der Waals surface area (Å²) in [4.78, 5) is 22.4. The Bertz CT molecular complexity index is 1350. The second kappa shape index (κ2) is 10.2. The maximum absolute atomic E-state index is 15.3. The van der Waals surface area contributed by atoms with Crippen molar-refractivity contribution >= 4 is 16.6 Å². The van der Waals surface area contributed by atoms with Crippen LogP contribution in [0.25, 0.3) is 10.9 Å². The lowest BCUT2D eigenvalue weighted by atomic mass is 10.0. The third-order valence-electron chi connectivity index (χ3n) is 8.13. The second-order valence-electron chi connectivity index (χ2n) is 11.0. The minimum atomic E-state index is -0.437. The molecule has 2 N–H and O–H groups in total. The molecule has 7 nitrogen and oxygen atoms in total. The minimum absolute atomic E-state index is 0.0847. The molecule has 2 atom stereocenters. The standard InChI is InChI=1S/C29H36FN5O2/c1-19-11-20(6-9-32-19)15-34(23-3-2-8-31-14-23)16-21-17-35(22-4-5-22)27-13-28(33-10-7-24(36)18-33)26(30)12-25(27)29(21)37/h6,9,11-13,17,22-24,31,36H,2-5,7-8,10,14-16,18H2,1H3/t23-,24-/m0/s1. The fourth-order valence-corrected chi connectivity index (χ4v) is 6.00. The topological polar surface area (TPSA) is 73.6 Å². The summed E-state index contributed by atoms with van der Waals surface area (Å²) in [5, 5.41) is 13.9. The number of aromatic nitrogens is 2. The predicted molar refractivity (Wildman–Crippen MR) is 143 cm³/mol. The number of benzene rings is 1. The molecule has 0 spiro atoms. The monoisotopic (exact) mass is 505 g/mol. The molecule has 1 aromatic carbocycles. The highest BCUT2D eigenvalue weighted by atomic mass is 19.1. The van der Waals surface area contributed by atoms with Crippen LogP contribution in [-0.2, 0) is 13.1 Å². The molecule has 2 aliphatic heterocycles. The molecule has 8 heteroatoms. The first-order chi connectivity index (χ1) is 18.0. The Hall–Kier alpha value is -2.81. The third-order valence-corrected chi connectivity index (χ3v) is 8.13. The fraction of sp³-hybridized carbons (Fsp3) is 0.517. The summed E-state index contributed by atoms with van der Waals surface area (Å²) in [5.41, 5.74) is 4.08. The molecular formula is C29H36FN5O2. The number of aliphatic hydroxyl groups excluding tert-OH is 1. The van der Waals surface area contributed by atoms with Crippen LogP contribution < -0.4 is 15.6 Å². The van der Waals surface area contributed by atoms with E-state index >= 15 is 4.39 Å². The van der Waals surface area contributed by atoms with Gasteiger partial charge >= 0.3 is 0 Å². The van der Waals surface area contributed by atoms with Crippen molar-refractivity contribution in [1.82, 2.24) is 19.8 Å². The van der Waals surface area contributed by atoms with Crippen molar-refractivity contribution in [3.63, 3.8) is 0 Å². The highest BCUT2D eigenvalue weighted by Crippen LogP contribution is 2.38. The van der Waals surface area contributed by atoms with Crippen LogP contribution in [-0.4, -0.2) is 57.9 Å². The zero-order valence-electron chi connectivity index (χ0n) is 21.5. The highest BCUT2D eigenvalue weighted by Gasteiger charge is 2.29. The van der Waals surface area contributed by atoms with Gasteiger partial charge in [-0.2, -0.15) is 0 Å². The van der Waals surface area contributed by atoms with Gasteiger partial charge in [-0.05, 0) is 75.4 Å². The maximum Gasteiger partial charge on any atom is 0.193 e. The van der Waals surface area contributed by atoms with Crippen LogP contribution in [0.2, 0.25) is 0 Å². The molecule has 6 rings (SSSR count). The first-order valence-electron chi connectivity index (χ1n) is 13.6. The van der Waals surface area contributed by atoms with Gasteiger partial charge < -0.3 is 19.9 Å². The predicted octanol–water partition coefficient (Wildman–Crippen LogP) is 3.50. The number of rotatable bonds is 7. The van der Waals surface area contributed by atoms with E-state index in [9.17, 15) is 9.90 Å². The van der Waals surface area contributed by atoms with Crippen molar-refractivity contribution in [3.8, 4) is 0 Å². The third kappa shape index (κ3) is 5.15. The van der Waals surface area contributed by atoms with Crippen LogP contribution in [0.1, 0.15) is 55.0 Å². The van der Waals surface area contributed by atoms with E-state index < -0.39 is 11.9 Å². The normalized spacial score (nSPS) is 22.3. The molecule has 0 unspecified atom stereocenters. The maximum atomic E-state index is 15.3. The van der Waals surface area contributed by atoms with E-state index in [0.29, 0.717) is 49.2 Å². The Morgan fingerprint density at radius 1 is 1.19 bits per heavy atom. The minimum Gasteiger partial charge on any atom is -0.391 e. The Balaban J connectivity index is 1.39. The van der Waals surface area contributed by atoms with Crippen molar-refractivity contribution in [2.24, 2.45) is 0 Å². The summed E-state index contributed by atoms with van der Waals surface area (Å²) >= 11 is 0. The molecule has 2 aromatic heterocycles. The van der Waals surface area contributed by atoms with E-state index in [4.69, 9.17) is 0 Å². The van der Waals surface area contributed by atoms with Gasteiger partial charge in [0.1, 0.15) is 5.82 Å². The van der Waals surface area contributed by atoms with Gasteiger partial charge in [0.25, 0.3) is 0 Å². The number of hydrogen-bond acceptors (Lipinski definition) is 6. The molecular weight excluding hydrogens is 469 g/mol. The van der Waals surface area contributed by atoms with E-state index in [1.54, 1.807) is 0 Å². The van der Waals surface area contributed by atoms with Gasteiger partial charge in [0.2, 0.25) is 0 Å². The Morgan fingerprint density at radius 2 is 2.05 bits per heavy atom. The van der Waals surface area contributed by atoms with Crippen LogP contribution >= 0.6 is 0 Å². The number of pyridine rings is 2. The van der Waals surface area contributed by atoms with Gasteiger partial charge in [0.15, 0.2) is 5.43 Å². The van der Waals surface area contributed by atoms with Gasteiger partial charge in [-0.15, -0.1) is 0 Å². The SMILES string of the molecule is Cc1cc(CN(Cc2cn(C3CC3)c3cc(N4CC[C@H](O)C4)c(F)cc3c2=O)[C@H]2CCCNC2)ccn1. The average molecular weight is 506 g/mol. The number of nitrogens with one attached hydrogen (secondary N) is 1. The van der Waals surface area contributed by atoms with Crippen LogP contribution in [0.5, 0.6) is 0 Å². The van der Waals surface area contributed by atoms with E-state index in [1.807, 2.05) is 36.4 Å². The number of nitrogens with zero attached hydrogens (tertiary/aromatic N) is 4. The summed E-state index contributed by atoms with van der Waals surface area (Å²) in [5.74, 6) is -0.390. The molecule has 2 saturated heterocycles. The van der Waals surface area contributed by atoms with Crippen LogP contribution in [0.15, 0.2) is 41.5 Å².